The van der Waals surface area contributed by atoms with Gasteiger partial charge in [0.1, 0.15) is 18.2 Å². The molecule has 0 aliphatic rings. The number of amides is 1. The van der Waals surface area contributed by atoms with Crippen molar-refractivity contribution in [3.05, 3.63) is 105 Å². The predicted molar refractivity (Wildman–Crippen MR) is 106 cm³/mol. The number of carbonyl (C=O) groups is 1. The zero-order valence-corrected chi connectivity index (χ0v) is 15.7. The maximum absolute atomic E-state index is 12.9. The Hall–Kier alpha value is -3.74. The van der Waals surface area contributed by atoms with Crippen LogP contribution in [-0.4, -0.2) is 10.8 Å². The molecule has 3 aromatic rings. The average Bonchev–Trinajstić information content (AvgIpc) is 2.72. The Morgan fingerprint density at radius 2 is 1.69 bits per heavy atom. The van der Waals surface area contributed by atoms with Crippen molar-refractivity contribution in [1.82, 2.24) is 5.32 Å². The van der Waals surface area contributed by atoms with Crippen molar-refractivity contribution < 1.29 is 18.8 Å². The van der Waals surface area contributed by atoms with Gasteiger partial charge in [-0.2, -0.15) is 0 Å². The van der Waals surface area contributed by atoms with Crippen molar-refractivity contribution >= 4 is 11.6 Å². The summed E-state index contributed by atoms with van der Waals surface area (Å²) in [4.78, 5) is 22.8. The van der Waals surface area contributed by atoms with Gasteiger partial charge in [-0.15, -0.1) is 0 Å². The maximum atomic E-state index is 12.9. The van der Waals surface area contributed by atoms with Crippen LogP contribution in [0.1, 0.15) is 27.0 Å². The number of nitro groups is 1. The molecule has 1 amide bonds. The molecule has 0 aromatic heterocycles. The molecule has 0 heterocycles. The number of hydrogen-bond donors (Lipinski definition) is 1. The second-order valence-electron chi connectivity index (χ2n) is 6.50. The van der Waals surface area contributed by atoms with Gasteiger partial charge in [0.25, 0.3) is 11.6 Å². The summed E-state index contributed by atoms with van der Waals surface area (Å²) < 4.78 is 18.6. The topological polar surface area (TPSA) is 81.5 Å². The lowest BCUT2D eigenvalue weighted by molar-refractivity contribution is -0.385. The third-order valence-electron chi connectivity index (χ3n) is 4.36. The highest BCUT2D eigenvalue weighted by molar-refractivity contribution is 5.94. The van der Waals surface area contributed by atoms with Crippen LogP contribution in [0.4, 0.5) is 10.1 Å². The lowest BCUT2D eigenvalue weighted by atomic mass is 10.1. The van der Waals surface area contributed by atoms with E-state index in [1.165, 1.54) is 18.2 Å². The highest BCUT2D eigenvalue weighted by Gasteiger charge is 2.14. The Bertz CT molecular complexity index is 1020. The summed E-state index contributed by atoms with van der Waals surface area (Å²) in [7, 11) is 0. The Kier molecular flexibility index (Phi) is 6.19. The molecule has 29 heavy (non-hydrogen) atoms. The van der Waals surface area contributed by atoms with Gasteiger partial charge in [0.05, 0.1) is 4.92 Å². The molecule has 0 bridgehead atoms. The predicted octanol–water partition coefficient (Wildman–Crippen LogP) is 4.55. The summed E-state index contributed by atoms with van der Waals surface area (Å²) >= 11 is 0. The van der Waals surface area contributed by atoms with Crippen LogP contribution in [0.3, 0.4) is 0 Å². The van der Waals surface area contributed by atoms with E-state index in [0.29, 0.717) is 17.9 Å². The van der Waals surface area contributed by atoms with Gasteiger partial charge >= 0.3 is 0 Å². The number of nitrogens with one attached hydrogen (secondary N) is 1. The van der Waals surface area contributed by atoms with E-state index in [0.717, 1.165) is 11.1 Å². The van der Waals surface area contributed by atoms with Crippen molar-refractivity contribution in [1.29, 1.82) is 0 Å². The molecule has 3 aromatic carbocycles. The minimum atomic E-state index is -0.503. The molecule has 3 rings (SSSR count). The SMILES string of the molecule is Cc1ccc(C(=O)NCc2ccc(OCc3ccc(F)cc3)cc2)cc1[N+](=O)[O-]. The van der Waals surface area contributed by atoms with Crippen molar-refractivity contribution in [3.8, 4) is 5.75 Å². The normalized spacial score (nSPS) is 10.4. The number of aryl methyl sites for hydroxylation is 1. The number of nitrogens with zero attached hydrogens (tertiary/aromatic N) is 1. The van der Waals surface area contributed by atoms with Crippen molar-refractivity contribution in [2.75, 3.05) is 0 Å². The molecule has 0 spiro atoms. The van der Waals surface area contributed by atoms with Crippen LogP contribution in [-0.2, 0) is 13.2 Å². The van der Waals surface area contributed by atoms with Gasteiger partial charge in [0, 0.05) is 23.7 Å². The van der Waals surface area contributed by atoms with Crippen LogP contribution < -0.4 is 10.1 Å². The largest absolute Gasteiger partial charge is 0.489 e. The van der Waals surface area contributed by atoms with Gasteiger partial charge in [0.15, 0.2) is 0 Å². The quantitative estimate of drug-likeness (QED) is 0.471. The molecule has 6 nitrogen and oxygen atoms in total. The van der Waals surface area contributed by atoms with E-state index in [1.807, 2.05) is 12.1 Å². The number of hydrogen-bond acceptors (Lipinski definition) is 4. The van der Waals surface area contributed by atoms with E-state index in [9.17, 15) is 19.3 Å². The van der Waals surface area contributed by atoms with E-state index < -0.39 is 4.92 Å². The fourth-order valence-electron chi connectivity index (χ4n) is 2.68. The average molecular weight is 394 g/mol. The van der Waals surface area contributed by atoms with Gasteiger partial charge in [-0.25, -0.2) is 4.39 Å². The number of benzene rings is 3. The van der Waals surface area contributed by atoms with Crippen molar-refractivity contribution in [2.24, 2.45) is 0 Å². The summed E-state index contributed by atoms with van der Waals surface area (Å²) in [6.45, 7) is 2.22. The molecule has 148 valence electrons. The molecule has 0 saturated heterocycles. The lowest BCUT2D eigenvalue weighted by Gasteiger charge is -2.09. The standard InChI is InChI=1S/C22H19FN2O4/c1-15-2-7-18(12-21(15)25(27)28)22(26)24-13-16-5-10-20(11-6-16)29-14-17-3-8-19(23)9-4-17/h2-12H,13-14H2,1H3,(H,24,26). The summed E-state index contributed by atoms with van der Waals surface area (Å²) in [5.41, 5.74) is 2.37. The van der Waals surface area contributed by atoms with E-state index >= 15 is 0 Å². The Morgan fingerprint density at radius 3 is 2.34 bits per heavy atom. The molecule has 0 aliphatic carbocycles. The minimum absolute atomic E-state index is 0.0830. The first-order valence-electron chi connectivity index (χ1n) is 8.92. The van der Waals surface area contributed by atoms with Crippen LogP contribution in [0.2, 0.25) is 0 Å². The van der Waals surface area contributed by atoms with Crippen LogP contribution in [0.15, 0.2) is 66.7 Å². The van der Waals surface area contributed by atoms with Crippen molar-refractivity contribution in [3.63, 3.8) is 0 Å². The van der Waals surface area contributed by atoms with Gasteiger partial charge in [-0.1, -0.05) is 30.3 Å². The van der Waals surface area contributed by atoms with E-state index in [2.05, 4.69) is 5.32 Å². The number of halogens is 1. The number of nitro benzene ring substituents is 1. The van der Waals surface area contributed by atoms with Gasteiger partial charge in [-0.3, -0.25) is 14.9 Å². The Morgan fingerprint density at radius 1 is 1.03 bits per heavy atom. The van der Waals surface area contributed by atoms with Gasteiger partial charge in [-0.05, 0) is 48.4 Å². The maximum Gasteiger partial charge on any atom is 0.273 e. The van der Waals surface area contributed by atoms with Crippen LogP contribution in [0.5, 0.6) is 5.75 Å². The van der Waals surface area contributed by atoms with Gasteiger partial charge < -0.3 is 10.1 Å². The molecule has 0 aliphatic heterocycles. The van der Waals surface area contributed by atoms with E-state index in [4.69, 9.17) is 4.74 Å². The zero-order chi connectivity index (χ0) is 20.8. The summed E-state index contributed by atoms with van der Waals surface area (Å²) in [5, 5.41) is 13.8. The first kappa shape index (κ1) is 20.0. The third kappa shape index (κ3) is 5.38. The monoisotopic (exact) mass is 394 g/mol. The molecule has 0 atom stereocenters. The third-order valence-corrected chi connectivity index (χ3v) is 4.36. The van der Waals surface area contributed by atoms with E-state index in [1.54, 1.807) is 43.3 Å². The molecule has 0 unspecified atom stereocenters. The van der Waals surface area contributed by atoms with Crippen LogP contribution in [0.25, 0.3) is 0 Å². The fourth-order valence-corrected chi connectivity index (χ4v) is 2.68. The first-order valence-corrected chi connectivity index (χ1v) is 8.92. The van der Waals surface area contributed by atoms with Crippen LogP contribution in [0, 0.1) is 22.9 Å². The summed E-state index contributed by atoms with van der Waals surface area (Å²) in [5.74, 6) is -0.0244. The Balaban J connectivity index is 1.54. The minimum Gasteiger partial charge on any atom is -0.489 e. The fraction of sp³-hybridized carbons (Fsp3) is 0.136. The highest BCUT2D eigenvalue weighted by atomic mass is 19.1. The number of rotatable bonds is 7. The summed E-state index contributed by atoms with van der Waals surface area (Å²) in [6, 6.07) is 17.7. The zero-order valence-electron chi connectivity index (χ0n) is 15.7. The summed E-state index contributed by atoms with van der Waals surface area (Å²) in [6.07, 6.45) is 0. The molecule has 7 heteroatoms. The smallest absolute Gasteiger partial charge is 0.273 e. The molecule has 1 N–H and O–H groups in total. The van der Waals surface area contributed by atoms with Crippen molar-refractivity contribution in [2.45, 2.75) is 20.1 Å². The second kappa shape index (κ2) is 8.97. The molecular weight excluding hydrogens is 375 g/mol. The van der Waals surface area contributed by atoms with E-state index in [-0.39, 0.29) is 29.5 Å². The second-order valence-corrected chi connectivity index (χ2v) is 6.50. The first-order chi connectivity index (χ1) is 13.9. The lowest BCUT2D eigenvalue weighted by Crippen LogP contribution is -2.22. The highest BCUT2D eigenvalue weighted by Crippen LogP contribution is 2.19. The molecule has 0 fully saturated rings. The van der Waals surface area contributed by atoms with Gasteiger partial charge in [0.2, 0.25) is 0 Å². The molecular formula is C22H19FN2O4. The van der Waals surface area contributed by atoms with Crippen LogP contribution >= 0.6 is 0 Å². The molecule has 0 radical (unpaired) electrons. The molecule has 0 saturated carbocycles. The number of carbonyl (C=O) groups excluding carboxylic acids is 1. The Labute approximate surface area is 167 Å². The number of ether oxygens (including phenoxy) is 1.